The summed E-state index contributed by atoms with van der Waals surface area (Å²) in [6.07, 6.45) is 7.58. The lowest BCUT2D eigenvalue weighted by Crippen LogP contribution is -2.57. The Labute approximate surface area is 80.4 Å². The van der Waals surface area contributed by atoms with E-state index < -0.39 is 0 Å². The maximum absolute atomic E-state index is 3.48. The smallest absolute Gasteiger partial charge is 0.0269 e. The van der Waals surface area contributed by atoms with E-state index in [2.05, 4.69) is 10.9 Å². The Bertz CT molecular complexity index is 174. The quantitative estimate of drug-likeness (QED) is 0.630. The van der Waals surface area contributed by atoms with Crippen molar-refractivity contribution < 1.29 is 0 Å². The minimum atomic E-state index is 0.790. The highest BCUT2D eigenvalue weighted by molar-refractivity contribution is 5.00. The van der Waals surface area contributed by atoms with Crippen LogP contribution >= 0.6 is 0 Å². The van der Waals surface area contributed by atoms with Gasteiger partial charge in [0.25, 0.3) is 0 Å². The van der Waals surface area contributed by atoms with Gasteiger partial charge in [0.15, 0.2) is 0 Å². The first-order valence-electron chi connectivity index (χ1n) is 5.79. The highest BCUT2D eigenvalue weighted by Gasteiger charge is 2.47. The zero-order chi connectivity index (χ0) is 8.84. The molecule has 0 aromatic heterocycles. The average Bonchev–Trinajstić information content (AvgIpc) is 2.10. The van der Waals surface area contributed by atoms with Crippen LogP contribution in [0.3, 0.4) is 0 Å². The molecule has 2 N–H and O–H groups in total. The molecule has 4 aliphatic rings. The number of hydrogen-bond donors (Lipinski definition) is 2. The number of rotatable bonds is 2. The molecule has 2 nitrogen and oxygen atoms in total. The van der Waals surface area contributed by atoms with Gasteiger partial charge in [0, 0.05) is 6.04 Å². The molecule has 4 rings (SSSR count). The summed E-state index contributed by atoms with van der Waals surface area (Å²) in [6, 6.07) is 0.790. The van der Waals surface area contributed by atoms with Crippen molar-refractivity contribution in [3.63, 3.8) is 0 Å². The van der Waals surface area contributed by atoms with Crippen LogP contribution in [0.1, 0.15) is 32.1 Å². The van der Waals surface area contributed by atoms with Crippen LogP contribution in [0.5, 0.6) is 0 Å². The van der Waals surface area contributed by atoms with Crippen LogP contribution < -0.4 is 10.9 Å². The fraction of sp³-hybridized carbons (Fsp3) is 1.00. The van der Waals surface area contributed by atoms with Crippen molar-refractivity contribution in [2.45, 2.75) is 38.1 Å². The van der Waals surface area contributed by atoms with Crippen molar-refractivity contribution in [1.82, 2.24) is 10.9 Å². The first-order valence-corrected chi connectivity index (χ1v) is 5.79. The fourth-order valence-corrected chi connectivity index (χ4v) is 4.33. The number of hydrazine groups is 1. The van der Waals surface area contributed by atoms with E-state index in [1.54, 1.807) is 6.42 Å². The Morgan fingerprint density at radius 2 is 1.38 bits per heavy atom. The monoisotopic (exact) mass is 180 g/mol. The van der Waals surface area contributed by atoms with Crippen LogP contribution in [0.15, 0.2) is 0 Å². The molecule has 74 valence electrons. The predicted octanol–water partition coefficient (Wildman–Crippen LogP) is 1.54. The summed E-state index contributed by atoms with van der Waals surface area (Å²) in [5.74, 6) is 4.17. The highest BCUT2D eigenvalue weighted by atomic mass is 15.4. The molecule has 0 aliphatic heterocycles. The second kappa shape index (κ2) is 2.96. The van der Waals surface area contributed by atoms with Crippen molar-refractivity contribution in [1.29, 1.82) is 0 Å². The van der Waals surface area contributed by atoms with Gasteiger partial charge in [0.1, 0.15) is 0 Å². The van der Waals surface area contributed by atoms with Crippen LogP contribution in [0.4, 0.5) is 0 Å². The number of nitrogens with one attached hydrogen (secondary N) is 2. The van der Waals surface area contributed by atoms with Crippen LogP contribution in [0.25, 0.3) is 0 Å². The van der Waals surface area contributed by atoms with Gasteiger partial charge in [-0.25, -0.2) is 0 Å². The zero-order valence-electron chi connectivity index (χ0n) is 8.42. The first-order chi connectivity index (χ1) is 6.36. The molecule has 2 heteroatoms. The van der Waals surface area contributed by atoms with Crippen molar-refractivity contribution in [3.05, 3.63) is 0 Å². The number of hydrogen-bond acceptors (Lipinski definition) is 2. The van der Waals surface area contributed by atoms with Crippen molar-refractivity contribution in [2.75, 3.05) is 7.05 Å². The van der Waals surface area contributed by atoms with E-state index in [0.717, 1.165) is 29.7 Å². The van der Waals surface area contributed by atoms with Gasteiger partial charge in [0.2, 0.25) is 0 Å². The van der Waals surface area contributed by atoms with Gasteiger partial charge in [-0.05, 0) is 62.8 Å². The molecule has 0 amide bonds. The van der Waals surface area contributed by atoms with Gasteiger partial charge >= 0.3 is 0 Å². The van der Waals surface area contributed by atoms with Gasteiger partial charge in [-0.3, -0.25) is 10.9 Å². The van der Waals surface area contributed by atoms with Crippen LogP contribution in [-0.2, 0) is 0 Å². The molecule has 4 aliphatic carbocycles. The van der Waals surface area contributed by atoms with Crippen LogP contribution in [0, 0.1) is 23.7 Å². The van der Waals surface area contributed by atoms with Gasteiger partial charge in [-0.1, -0.05) is 0 Å². The van der Waals surface area contributed by atoms with Gasteiger partial charge in [-0.15, -0.1) is 0 Å². The van der Waals surface area contributed by atoms with E-state index in [0.29, 0.717) is 0 Å². The molecule has 4 bridgehead atoms. The second-order valence-corrected chi connectivity index (χ2v) is 5.35. The lowest BCUT2D eigenvalue weighted by molar-refractivity contribution is -0.0177. The molecule has 0 unspecified atom stereocenters. The summed E-state index contributed by atoms with van der Waals surface area (Å²) in [5, 5.41) is 0. The molecule has 0 heterocycles. The van der Waals surface area contributed by atoms with E-state index in [1.165, 1.54) is 25.7 Å². The SMILES string of the molecule is CNNC1C2CC3CC(C2)CC1C3. The summed E-state index contributed by atoms with van der Waals surface area (Å²) in [6.45, 7) is 0. The Balaban J connectivity index is 1.77. The summed E-state index contributed by atoms with van der Waals surface area (Å²) >= 11 is 0. The Morgan fingerprint density at radius 1 is 0.846 bits per heavy atom. The third-order valence-corrected chi connectivity index (χ3v) is 4.54. The Hall–Kier alpha value is -0.0800. The molecule has 0 radical (unpaired) electrons. The van der Waals surface area contributed by atoms with Crippen molar-refractivity contribution in [3.8, 4) is 0 Å². The maximum atomic E-state index is 3.48. The summed E-state index contributed by atoms with van der Waals surface area (Å²) < 4.78 is 0. The lowest BCUT2D eigenvalue weighted by atomic mass is 9.54. The molecule has 0 aromatic carbocycles. The highest BCUT2D eigenvalue weighted by Crippen LogP contribution is 2.53. The largest absolute Gasteiger partial charge is 0.261 e. The van der Waals surface area contributed by atoms with E-state index in [9.17, 15) is 0 Å². The van der Waals surface area contributed by atoms with E-state index in [4.69, 9.17) is 0 Å². The fourth-order valence-electron chi connectivity index (χ4n) is 4.33. The summed E-state index contributed by atoms with van der Waals surface area (Å²) in [7, 11) is 2.01. The molecular formula is C11H20N2. The molecule has 4 fully saturated rings. The van der Waals surface area contributed by atoms with E-state index in [-0.39, 0.29) is 0 Å². The molecular weight excluding hydrogens is 160 g/mol. The molecule has 13 heavy (non-hydrogen) atoms. The van der Waals surface area contributed by atoms with Crippen LogP contribution in [-0.4, -0.2) is 13.1 Å². The first kappa shape index (κ1) is 8.25. The second-order valence-electron chi connectivity index (χ2n) is 5.35. The topological polar surface area (TPSA) is 24.1 Å². The standard InChI is InChI=1S/C11H20N2/c1-12-13-11-9-3-7-2-8(5-9)6-10(11)4-7/h7-13H,2-6H2,1H3. The predicted molar refractivity (Wildman–Crippen MR) is 53.0 cm³/mol. The Kier molecular flexibility index (Phi) is 1.88. The van der Waals surface area contributed by atoms with Crippen molar-refractivity contribution in [2.24, 2.45) is 23.7 Å². The normalized spacial score (nSPS) is 52.8. The summed E-state index contributed by atoms with van der Waals surface area (Å²) in [4.78, 5) is 0. The van der Waals surface area contributed by atoms with Crippen LogP contribution in [0.2, 0.25) is 0 Å². The zero-order valence-corrected chi connectivity index (χ0v) is 8.42. The Morgan fingerprint density at radius 3 is 1.85 bits per heavy atom. The molecule has 0 saturated heterocycles. The third-order valence-electron chi connectivity index (χ3n) is 4.54. The molecule has 0 spiro atoms. The van der Waals surface area contributed by atoms with E-state index in [1.807, 2.05) is 7.05 Å². The molecule has 0 aromatic rings. The summed E-state index contributed by atoms with van der Waals surface area (Å²) in [5.41, 5.74) is 6.62. The molecule has 4 saturated carbocycles. The van der Waals surface area contributed by atoms with Gasteiger partial charge in [-0.2, -0.15) is 0 Å². The minimum Gasteiger partial charge on any atom is -0.261 e. The third kappa shape index (κ3) is 1.23. The van der Waals surface area contributed by atoms with Gasteiger partial charge < -0.3 is 0 Å². The maximum Gasteiger partial charge on any atom is 0.0269 e. The molecule has 0 atom stereocenters. The van der Waals surface area contributed by atoms with Crippen molar-refractivity contribution >= 4 is 0 Å². The van der Waals surface area contributed by atoms with Gasteiger partial charge in [0.05, 0.1) is 0 Å². The average molecular weight is 180 g/mol. The lowest BCUT2D eigenvalue weighted by Gasteiger charge is -2.54. The minimum absolute atomic E-state index is 0.790. The van der Waals surface area contributed by atoms with E-state index >= 15 is 0 Å².